The zero-order valence-corrected chi connectivity index (χ0v) is 17.6. The van der Waals surface area contributed by atoms with Crippen molar-refractivity contribution in [1.82, 2.24) is 0 Å². The lowest BCUT2D eigenvalue weighted by molar-refractivity contribution is -0.122. The number of para-hydroxylation sites is 2. The zero-order chi connectivity index (χ0) is 22.9. The molecule has 32 heavy (non-hydrogen) atoms. The van der Waals surface area contributed by atoms with Crippen LogP contribution in [0.25, 0.3) is 0 Å². The number of benzene rings is 3. The Morgan fingerprint density at radius 3 is 2.50 bits per heavy atom. The molecular formula is C22H18F2N2O5S. The van der Waals surface area contributed by atoms with E-state index in [1.54, 1.807) is 18.2 Å². The van der Waals surface area contributed by atoms with Gasteiger partial charge in [0.05, 0.1) is 29.9 Å². The van der Waals surface area contributed by atoms with Gasteiger partial charge in [0.1, 0.15) is 23.1 Å². The molecule has 1 heterocycles. The predicted octanol–water partition coefficient (Wildman–Crippen LogP) is 3.57. The molecule has 0 saturated heterocycles. The van der Waals surface area contributed by atoms with Gasteiger partial charge >= 0.3 is 0 Å². The van der Waals surface area contributed by atoms with Gasteiger partial charge in [-0.3, -0.25) is 9.10 Å². The first-order valence-corrected chi connectivity index (χ1v) is 10.9. The summed E-state index contributed by atoms with van der Waals surface area (Å²) >= 11 is 0. The second kappa shape index (κ2) is 8.46. The second-order valence-corrected chi connectivity index (χ2v) is 8.76. The molecule has 3 aromatic rings. The fraction of sp³-hybridized carbons (Fsp3) is 0.136. The average molecular weight is 460 g/mol. The number of ether oxygens (including phenoxy) is 2. The maximum atomic E-state index is 14.0. The molecule has 0 spiro atoms. The van der Waals surface area contributed by atoms with Gasteiger partial charge in [0.25, 0.3) is 15.9 Å². The van der Waals surface area contributed by atoms with Crippen molar-refractivity contribution in [3.8, 4) is 11.5 Å². The van der Waals surface area contributed by atoms with Crippen molar-refractivity contribution in [3.05, 3.63) is 78.4 Å². The molecule has 0 radical (unpaired) electrons. The van der Waals surface area contributed by atoms with E-state index < -0.39 is 33.7 Å². The molecule has 1 unspecified atom stereocenters. The van der Waals surface area contributed by atoms with Gasteiger partial charge in [-0.25, -0.2) is 17.2 Å². The maximum absolute atomic E-state index is 14.0. The van der Waals surface area contributed by atoms with Crippen LogP contribution in [0.15, 0.2) is 71.6 Å². The predicted molar refractivity (Wildman–Crippen MR) is 113 cm³/mol. The highest BCUT2D eigenvalue weighted by molar-refractivity contribution is 7.92. The minimum atomic E-state index is -4.06. The summed E-state index contributed by atoms with van der Waals surface area (Å²) in [5.74, 6) is -1.86. The lowest BCUT2D eigenvalue weighted by atomic mass is 10.2. The highest BCUT2D eigenvalue weighted by Gasteiger charge is 2.37. The first-order valence-electron chi connectivity index (χ1n) is 9.48. The van der Waals surface area contributed by atoms with Crippen LogP contribution in [0.1, 0.15) is 0 Å². The number of rotatable bonds is 5. The number of methoxy groups -OCH3 is 1. The summed E-state index contributed by atoms with van der Waals surface area (Å²) in [6, 6.07) is 14.9. The molecule has 0 saturated carbocycles. The van der Waals surface area contributed by atoms with E-state index in [0.29, 0.717) is 11.8 Å². The van der Waals surface area contributed by atoms with Gasteiger partial charge in [-0.1, -0.05) is 12.1 Å². The van der Waals surface area contributed by atoms with E-state index in [9.17, 15) is 22.0 Å². The van der Waals surface area contributed by atoms with Crippen molar-refractivity contribution >= 4 is 27.3 Å². The van der Waals surface area contributed by atoms with Crippen molar-refractivity contribution in [2.24, 2.45) is 0 Å². The summed E-state index contributed by atoms with van der Waals surface area (Å²) in [5, 5.41) is 2.32. The van der Waals surface area contributed by atoms with Crippen LogP contribution in [0.3, 0.4) is 0 Å². The van der Waals surface area contributed by atoms with Gasteiger partial charge in [-0.2, -0.15) is 0 Å². The molecule has 166 valence electrons. The monoisotopic (exact) mass is 460 g/mol. The lowest BCUT2D eigenvalue weighted by Crippen LogP contribution is -2.48. The van der Waals surface area contributed by atoms with Crippen LogP contribution in [0.5, 0.6) is 11.5 Å². The number of hydrogen-bond donors (Lipinski definition) is 1. The van der Waals surface area contributed by atoms with Crippen LogP contribution in [-0.4, -0.2) is 34.1 Å². The lowest BCUT2D eigenvalue weighted by Gasteiger charge is -2.34. The fourth-order valence-electron chi connectivity index (χ4n) is 3.25. The molecule has 0 fully saturated rings. The Balaban J connectivity index is 1.66. The van der Waals surface area contributed by atoms with Crippen LogP contribution >= 0.6 is 0 Å². The molecule has 0 aromatic heterocycles. The number of fused-ring (bicyclic) bond motifs is 1. The molecule has 7 nitrogen and oxygen atoms in total. The van der Waals surface area contributed by atoms with Crippen molar-refractivity contribution in [2.45, 2.75) is 11.0 Å². The van der Waals surface area contributed by atoms with Crippen LogP contribution in [0.4, 0.5) is 20.2 Å². The van der Waals surface area contributed by atoms with Gasteiger partial charge in [0, 0.05) is 6.07 Å². The first kappa shape index (κ1) is 21.6. The Morgan fingerprint density at radius 2 is 1.81 bits per heavy atom. The summed E-state index contributed by atoms with van der Waals surface area (Å²) in [5.41, 5.74) is 0.0174. The third-order valence-corrected chi connectivity index (χ3v) is 6.66. The molecule has 4 rings (SSSR count). The van der Waals surface area contributed by atoms with Gasteiger partial charge in [-0.15, -0.1) is 0 Å². The smallest absolute Gasteiger partial charge is 0.267 e. The number of sulfonamides is 1. The summed E-state index contributed by atoms with van der Waals surface area (Å²) in [4.78, 5) is 12.8. The Hall–Kier alpha value is -3.66. The molecule has 0 aliphatic carbocycles. The molecule has 10 heteroatoms. The fourth-order valence-corrected chi connectivity index (χ4v) is 4.72. The Kier molecular flexibility index (Phi) is 5.70. The zero-order valence-electron chi connectivity index (χ0n) is 16.8. The van der Waals surface area contributed by atoms with Gasteiger partial charge < -0.3 is 14.8 Å². The number of hydrogen-bond acceptors (Lipinski definition) is 5. The van der Waals surface area contributed by atoms with E-state index in [4.69, 9.17) is 9.47 Å². The highest BCUT2D eigenvalue weighted by atomic mass is 32.2. The summed E-state index contributed by atoms with van der Waals surface area (Å²) in [6.45, 7) is -0.347. The number of carbonyl (C=O) groups excluding carboxylic acids is 1. The topological polar surface area (TPSA) is 84.9 Å². The number of amides is 1. The maximum Gasteiger partial charge on any atom is 0.267 e. The number of nitrogens with one attached hydrogen (secondary N) is 1. The van der Waals surface area contributed by atoms with Crippen LogP contribution in [-0.2, 0) is 14.8 Å². The van der Waals surface area contributed by atoms with E-state index >= 15 is 0 Å². The Labute approximate surface area is 183 Å². The van der Waals surface area contributed by atoms with E-state index in [1.807, 2.05) is 0 Å². The summed E-state index contributed by atoms with van der Waals surface area (Å²) in [6.07, 6.45) is -1.28. The molecule has 1 amide bonds. The van der Waals surface area contributed by atoms with Gasteiger partial charge in [-0.05, 0) is 48.5 Å². The van der Waals surface area contributed by atoms with E-state index in [1.165, 1.54) is 37.4 Å². The Morgan fingerprint density at radius 1 is 1.09 bits per heavy atom. The molecular weight excluding hydrogens is 442 g/mol. The van der Waals surface area contributed by atoms with Crippen molar-refractivity contribution in [2.75, 3.05) is 23.3 Å². The van der Waals surface area contributed by atoms with Gasteiger partial charge in [0.2, 0.25) is 0 Å². The minimum Gasteiger partial charge on any atom is -0.497 e. The Bertz CT molecular complexity index is 1270. The van der Waals surface area contributed by atoms with Crippen LogP contribution in [0, 0.1) is 11.6 Å². The van der Waals surface area contributed by atoms with E-state index in [-0.39, 0.29) is 28.6 Å². The first-order chi connectivity index (χ1) is 15.3. The molecule has 1 aliphatic heterocycles. The normalized spacial score (nSPS) is 15.5. The number of nitrogens with zero attached hydrogens (tertiary/aromatic N) is 1. The van der Waals surface area contributed by atoms with Crippen molar-refractivity contribution < 1.29 is 31.5 Å². The number of halogens is 2. The molecule has 1 aliphatic rings. The number of carbonyl (C=O) groups is 1. The SMILES string of the molecule is COc1ccc(S(=O)(=O)N2CC(C(=O)Nc3ccc(F)cc3F)Oc3ccccc32)cc1. The quantitative estimate of drug-likeness (QED) is 0.629. The molecule has 1 atom stereocenters. The largest absolute Gasteiger partial charge is 0.497 e. The van der Waals surface area contributed by atoms with Crippen LogP contribution < -0.4 is 19.1 Å². The molecule has 3 aromatic carbocycles. The average Bonchev–Trinajstić information content (AvgIpc) is 2.80. The summed E-state index contributed by atoms with van der Waals surface area (Å²) in [7, 11) is -2.59. The van der Waals surface area contributed by atoms with Crippen LogP contribution in [0.2, 0.25) is 0 Å². The number of anilines is 2. The molecule has 1 N–H and O–H groups in total. The molecule has 0 bridgehead atoms. The van der Waals surface area contributed by atoms with Gasteiger partial charge in [0.15, 0.2) is 6.10 Å². The van der Waals surface area contributed by atoms with E-state index in [0.717, 1.165) is 16.4 Å². The second-order valence-electron chi connectivity index (χ2n) is 6.90. The summed E-state index contributed by atoms with van der Waals surface area (Å²) < 4.78 is 65.7. The minimum absolute atomic E-state index is 0.00117. The van der Waals surface area contributed by atoms with Crippen molar-refractivity contribution in [1.29, 1.82) is 0 Å². The van der Waals surface area contributed by atoms with Crippen molar-refractivity contribution in [3.63, 3.8) is 0 Å². The van der Waals surface area contributed by atoms with E-state index in [2.05, 4.69) is 5.32 Å². The third kappa shape index (κ3) is 4.09. The highest BCUT2D eigenvalue weighted by Crippen LogP contribution is 2.37. The standard InChI is InChI=1S/C22H18F2N2O5S/c1-30-15-7-9-16(10-8-15)32(28,29)26-13-21(31-20-5-3-2-4-19(20)26)22(27)25-18-11-6-14(23)12-17(18)24/h2-12,21H,13H2,1H3,(H,25,27). The third-order valence-electron chi connectivity index (χ3n) is 4.86.